The van der Waals surface area contributed by atoms with Crippen molar-refractivity contribution in [2.75, 3.05) is 0 Å². The maximum absolute atomic E-state index is 8.59. The van der Waals surface area contributed by atoms with Gasteiger partial charge in [-0.2, -0.15) is 0 Å². The summed E-state index contributed by atoms with van der Waals surface area (Å²) >= 11 is -17.2. The van der Waals surface area contributed by atoms with Gasteiger partial charge in [0.25, 0.3) is 0 Å². The Hall–Kier alpha value is 4.68. The molecule has 96 valence electrons. The second-order valence-electron chi connectivity index (χ2n) is 1.22. The van der Waals surface area contributed by atoms with Crippen molar-refractivity contribution in [2.24, 2.45) is 0 Å². The molecule has 0 unspecified atom stereocenters. The number of rotatable bonds is 0. The molecule has 19 heavy (non-hydrogen) atoms. The molecule has 0 saturated carbocycles. The summed E-state index contributed by atoms with van der Waals surface area (Å²) in [5.41, 5.74) is 0. The molecule has 0 amide bonds. The summed E-state index contributed by atoms with van der Waals surface area (Å²) in [5, 5.41) is 0. The fourth-order valence-electron chi connectivity index (χ4n) is 0. The summed E-state index contributed by atoms with van der Waals surface area (Å²) < 4.78 is 103. The quantitative estimate of drug-likeness (QED) is 0.252. The Bertz CT molecular complexity index is 350. The van der Waals surface area contributed by atoms with E-state index < -0.39 is 40.8 Å². The molecule has 0 aliphatic carbocycles. The van der Waals surface area contributed by atoms with Crippen molar-refractivity contribution in [2.45, 2.75) is 0 Å². The molecule has 0 fully saturated rings. The van der Waals surface area contributed by atoms with Crippen molar-refractivity contribution in [3.05, 3.63) is 0 Å². The molecule has 19 heteroatoms. The smallest absolute Gasteiger partial charge is 2.00 e. The molecule has 0 aromatic heterocycles. The van der Waals surface area contributed by atoms with Crippen LogP contribution in [0.25, 0.3) is 0 Å². The van der Waals surface area contributed by atoms with Gasteiger partial charge in [0.2, 0.25) is 0 Å². The predicted octanol–water partition coefficient (Wildman–Crippen LogP) is -13.9. The van der Waals surface area contributed by atoms with Crippen LogP contribution < -0.4 is 128 Å². The summed E-state index contributed by atoms with van der Waals surface area (Å²) in [4.78, 5) is 0. The van der Waals surface area contributed by atoms with Crippen LogP contribution in [-0.4, -0.2) is 0 Å². The molecule has 0 aliphatic rings. The zero-order chi connectivity index (χ0) is 13.5. The second-order valence-corrected chi connectivity index (χ2v) is 5.05. The van der Waals surface area contributed by atoms with E-state index >= 15 is 0 Å². The average molecular weight is 557 g/mol. The standard InChI is InChI=1S/3Cr.2K.12O.2Zn/q;;;2*+1;;;;;;;6*-1;2*+2. The molecule has 0 aromatic rings. The van der Waals surface area contributed by atoms with E-state index in [9.17, 15) is 0 Å². The predicted molar refractivity (Wildman–Crippen MR) is 4.12 cm³/mol. The van der Waals surface area contributed by atoms with E-state index in [4.69, 9.17) is 47.8 Å². The first-order chi connectivity index (χ1) is 6.00. The van der Waals surface area contributed by atoms with Crippen molar-refractivity contribution < 1.29 is 230 Å². The van der Waals surface area contributed by atoms with E-state index in [0.29, 0.717) is 0 Å². The van der Waals surface area contributed by atoms with E-state index in [1.165, 1.54) is 0 Å². The van der Waals surface area contributed by atoms with Crippen LogP contribution in [0.15, 0.2) is 0 Å². The molecule has 0 saturated heterocycles. The Morgan fingerprint density at radius 3 is 0.421 bits per heavy atom. The van der Waals surface area contributed by atoms with Crippen LogP contribution in [0.5, 0.6) is 0 Å². The minimum Gasteiger partial charge on any atom is 2.00 e. The van der Waals surface area contributed by atoms with Crippen molar-refractivity contribution in [3.8, 4) is 0 Å². The van der Waals surface area contributed by atoms with E-state index in [2.05, 4.69) is 0 Å². The van der Waals surface area contributed by atoms with Gasteiger partial charge < -0.3 is 0 Å². The van der Waals surface area contributed by atoms with E-state index in [1.807, 2.05) is 0 Å². The first-order valence-corrected chi connectivity index (χ1v) is 8.25. The SMILES string of the molecule is [K+].[K+].[O]=[Cr](=[O])([O-])[O-].[O]=[Cr](=[O])([O-])[O-].[O]=[Cr](=[O])([O-])[O-].[Zn+2].[Zn+2]. The first-order valence-electron chi connectivity index (χ1n) is 2.00. The fraction of sp³-hybridized carbons (Fsp3) is 0. The number of hydrogen-bond acceptors (Lipinski definition) is 12. The molecule has 0 N–H and O–H groups in total. The molecule has 0 bridgehead atoms. The molecule has 0 aliphatic heterocycles. The van der Waals surface area contributed by atoms with Gasteiger partial charge in [0.1, 0.15) is 0 Å². The third-order valence-corrected chi connectivity index (χ3v) is 0. The molecule has 0 rings (SSSR count). The molecule has 0 radical (unpaired) electrons. The van der Waals surface area contributed by atoms with Crippen LogP contribution in [0.3, 0.4) is 0 Å². The average Bonchev–Trinajstić information content (AvgIpc) is 1.41. The summed E-state index contributed by atoms with van der Waals surface area (Å²) in [5.74, 6) is 0. The summed E-state index contributed by atoms with van der Waals surface area (Å²) in [7, 11) is 0. The van der Waals surface area contributed by atoms with E-state index in [0.717, 1.165) is 0 Å². The van der Waals surface area contributed by atoms with Gasteiger partial charge in [-0.05, 0) is 0 Å². The summed E-state index contributed by atoms with van der Waals surface area (Å²) in [6.07, 6.45) is 0. The Kier molecular flexibility index (Phi) is 47.7. The maximum atomic E-state index is 8.59. The van der Waals surface area contributed by atoms with Gasteiger partial charge in [0, 0.05) is 0 Å². The minimum absolute atomic E-state index is 0. The zero-order valence-corrected chi connectivity index (χ0v) is 25.5. The fourth-order valence-corrected chi connectivity index (χ4v) is 0. The van der Waals surface area contributed by atoms with Gasteiger partial charge in [-0.3, -0.25) is 0 Å². The van der Waals surface area contributed by atoms with Crippen molar-refractivity contribution in [1.82, 2.24) is 0 Å². The van der Waals surface area contributed by atoms with Crippen LogP contribution in [0.2, 0.25) is 0 Å². The van der Waals surface area contributed by atoms with Crippen LogP contribution in [-0.2, 0) is 103 Å². The Labute approximate surface area is 224 Å². The van der Waals surface area contributed by atoms with Gasteiger partial charge in [0.05, 0.1) is 0 Å². The van der Waals surface area contributed by atoms with Crippen molar-refractivity contribution in [1.29, 1.82) is 0 Å². The van der Waals surface area contributed by atoms with Gasteiger partial charge in [-0.1, -0.05) is 0 Å². The molecule has 0 spiro atoms. The topological polar surface area (TPSA) is 241 Å². The largest absolute Gasteiger partial charge is 2.00 e. The third-order valence-electron chi connectivity index (χ3n) is 0. The minimum atomic E-state index is -5.75. The van der Waals surface area contributed by atoms with Crippen LogP contribution in [0, 0.1) is 0 Å². The molecule has 0 atom stereocenters. The van der Waals surface area contributed by atoms with Crippen molar-refractivity contribution >= 4 is 0 Å². The summed E-state index contributed by atoms with van der Waals surface area (Å²) in [6.45, 7) is 0. The molecular weight excluding hydrogens is 557 g/mol. The van der Waals surface area contributed by atoms with Gasteiger partial charge in [0.15, 0.2) is 0 Å². The Morgan fingerprint density at radius 1 is 0.421 bits per heavy atom. The van der Waals surface area contributed by atoms with Crippen LogP contribution >= 0.6 is 0 Å². The van der Waals surface area contributed by atoms with Gasteiger partial charge in [-0.25, -0.2) is 0 Å². The maximum Gasteiger partial charge on any atom is 2.00 e. The van der Waals surface area contributed by atoms with Crippen LogP contribution in [0.4, 0.5) is 0 Å². The first kappa shape index (κ1) is 43.8. The Balaban J connectivity index is -0.0000000206. The zero-order valence-electron chi connectivity index (χ0n) is 9.54. The molecule has 0 aromatic carbocycles. The monoisotopic (exact) mass is 554 g/mol. The van der Waals surface area contributed by atoms with Crippen LogP contribution in [0.1, 0.15) is 0 Å². The van der Waals surface area contributed by atoms with Gasteiger partial charge in [-0.15, -0.1) is 0 Å². The van der Waals surface area contributed by atoms with E-state index in [-0.39, 0.29) is 142 Å². The molecule has 12 nitrogen and oxygen atoms in total. The normalized spacial score (nSPS) is 9.16. The Morgan fingerprint density at radius 2 is 0.421 bits per heavy atom. The van der Waals surface area contributed by atoms with Crippen molar-refractivity contribution in [3.63, 3.8) is 0 Å². The molecular formula is Cr3K2O12Zn2. The number of hydrogen-bond donors (Lipinski definition) is 0. The van der Waals surface area contributed by atoms with E-state index in [1.54, 1.807) is 0 Å². The second kappa shape index (κ2) is 20.7. The van der Waals surface area contributed by atoms with Gasteiger partial charge >= 0.3 is 230 Å². The summed E-state index contributed by atoms with van der Waals surface area (Å²) in [6, 6.07) is 0. The molecule has 0 heterocycles. The third kappa shape index (κ3) is 443.